The lowest BCUT2D eigenvalue weighted by molar-refractivity contribution is -0.135. The Balaban J connectivity index is 2.55. The lowest BCUT2D eigenvalue weighted by Gasteiger charge is -2.45. The van der Waals surface area contributed by atoms with E-state index in [1.807, 2.05) is 4.90 Å². The highest BCUT2D eigenvalue weighted by Crippen LogP contribution is 2.19. The number of hydrogen-bond acceptors (Lipinski definition) is 2. The van der Waals surface area contributed by atoms with Crippen molar-refractivity contribution in [2.45, 2.75) is 25.8 Å². The molecule has 0 spiro atoms. The van der Waals surface area contributed by atoms with Gasteiger partial charge in [-0.3, -0.25) is 9.69 Å². The van der Waals surface area contributed by atoms with Crippen molar-refractivity contribution >= 4 is 17.5 Å². The summed E-state index contributed by atoms with van der Waals surface area (Å²) in [6.45, 7) is 6.90. The molecule has 1 fully saturated rings. The molecule has 1 amide bonds. The van der Waals surface area contributed by atoms with Crippen molar-refractivity contribution in [1.29, 1.82) is 0 Å². The molecule has 0 bridgehead atoms. The van der Waals surface area contributed by atoms with E-state index < -0.39 is 0 Å². The highest BCUT2D eigenvalue weighted by atomic mass is 35.5. The van der Waals surface area contributed by atoms with Crippen molar-refractivity contribution in [3.63, 3.8) is 0 Å². The van der Waals surface area contributed by atoms with E-state index in [0.29, 0.717) is 12.3 Å². The van der Waals surface area contributed by atoms with E-state index in [1.54, 1.807) is 0 Å². The van der Waals surface area contributed by atoms with Crippen LogP contribution in [0.15, 0.2) is 0 Å². The van der Waals surface area contributed by atoms with Gasteiger partial charge in [-0.2, -0.15) is 0 Å². The summed E-state index contributed by atoms with van der Waals surface area (Å²) in [4.78, 5) is 15.8. The Bertz CT molecular complexity index is 218. The maximum atomic E-state index is 11.6. The largest absolute Gasteiger partial charge is 0.340 e. The molecule has 0 atom stereocenters. The van der Waals surface area contributed by atoms with Crippen molar-refractivity contribution in [2.24, 2.45) is 0 Å². The molecule has 1 aliphatic heterocycles. The molecule has 4 heteroatoms. The number of halogens is 1. The fraction of sp³-hybridized carbons (Fsp3) is 0.900. The summed E-state index contributed by atoms with van der Waals surface area (Å²) in [6, 6.07) is 0. The summed E-state index contributed by atoms with van der Waals surface area (Å²) in [6.07, 6.45) is 0.460. The second-order valence-corrected chi connectivity index (χ2v) is 4.87. The van der Waals surface area contributed by atoms with Gasteiger partial charge in [0.15, 0.2) is 0 Å². The second kappa shape index (κ2) is 4.49. The van der Waals surface area contributed by atoms with Crippen LogP contribution in [0.2, 0.25) is 0 Å². The zero-order valence-electron chi connectivity index (χ0n) is 9.22. The van der Waals surface area contributed by atoms with E-state index >= 15 is 0 Å². The third kappa shape index (κ3) is 2.61. The fourth-order valence-corrected chi connectivity index (χ4v) is 1.85. The van der Waals surface area contributed by atoms with Crippen molar-refractivity contribution in [1.82, 2.24) is 9.80 Å². The average Bonchev–Trinajstić information content (AvgIpc) is 2.10. The Morgan fingerprint density at radius 3 is 2.57 bits per heavy atom. The summed E-state index contributed by atoms with van der Waals surface area (Å²) in [5.74, 6) is 0.604. The van der Waals surface area contributed by atoms with E-state index in [4.69, 9.17) is 11.6 Å². The van der Waals surface area contributed by atoms with Crippen molar-refractivity contribution in [3.05, 3.63) is 0 Å². The van der Waals surface area contributed by atoms with Crippen LogP contribution in [0, 0.1) is 0 Å². The SMILES string of the molecule is CN1CCN(C(=O)CCCl)CC1(C)C. The molecule has 1 saturated heterocycles. The Morgan fingerprint density at radius 2 is 2.07 bits per heavy atom. The van der Waals surface area contributed by atoms with Gasteiger partial charge in [-0.15, -0.1) is 11.6 Å². The minimum atomic E-state index is 0.0836. The predicted molar refractivity (Wildman–Crippen MR) is 58.6 cm³/mol. The smallest absolute Gasteiger partial charge is 0.223 e. The van der Waals surface area contributed by atoms with Gasteiger partial charge in [-0.1, -0.05) is 0 Å². The van der Waals surface area contributed by atoms with Crippen LogP contribution in [0.4, 0.5) is 0 Å². The number of likely N-dealkylation sites (N-methyl/N-ethyl adjacent to an activating group) is 1. The zero-order valence-corrected chi connectivity index (χ0v) is 9.97. The lowest BCUT2D eigenvalue weighted by Crippen LogP contribution is -2.58. The third-order valence-electron chi connectivity index (χ3n) is 2.98. The van der Waals surface area contributed by atoms with Crippen LogP contribution in [-0.2, 0) is 4.79 Å². The number of rotatable bonds is 2. The zero-order chi connectivity index (χ0) is 10.8. The van der Waals surface area contributed by atoms with Crippen LogP contribution in [0.5, 0.6) is 0 Å². The highest BCUT2D eigenvalue weighted by Gasteiger charge is 2.32. The number of hydrogen-bond donors (Lipinski definition) is 0. The van der Waals surface area contributed by atoms with Gasteiger partial charge in [0, 0.05) is 37.5 Å². The Morgan fingerprint density at radius 1 is 1.43 bits per heavy atom. The number of carbonyl (C=O) groups excluding carboxylic acids is 1. The molecule has 0 radical (unpaired) electrons. The molecule has 82 valence electrons. The van der Waals surface area contributed by atoms with Crippen LogP contribution in [-0.4, -0.2) is 53.8 Å². The molecule has 0 N–H and O–H groups in total. The standard InChI is InChI=1S/C10H19ClN2O/c1-10(2)8-13(7-6-12(10)3)9(14)4-5-11/h4-8H2,1-3H3. The minimum absolute atomic E-state index is 0.0836. The number of amides is 1. The topological polar surface area (TPSA) is 23.6 Å². The first-order valence-corrected chi connectivity index (χ1v) is 5.56. The molecule has 0 aromatic rings. The van der Waals surface area contributed by atoms with Gasteiger partial charge in [-0.25, -0.2) is 0 Å². The highest BCUT2D eigenvalue weighted by molar-refractivity contribution is 6.18. The number of alkyl halides is 1. The number of piperazine rings is 1. The maximum Gasteiger partial charge on any atom is 0.223 e. The first-order chi connectivity index (χ1) is 6.47. The van der Waals surface area contributed by atoms with Crippen LogP contribution in [0.3, 0.4) is 0 Å². The molecule has 0 aromatic carbocycles. The van der Waals surface area contributed by atoms with Gasteiger partial charge in [0.25, 0.3) is 0 Å². The van der Waals surface area contributed by atoms with Gasteiger partial charge in [0.1, 0.15) is 0 Å². The minimum Gasteiger partial charge on any atom is -0.340 e. The van der Waals surface area contributed by atoms with E-state index in [2.05, 4.69) is 25.8 Å². The van der Waals surface area contributed by atoms with Crippen molar-refractivity contribution < 1.29 is 4.79 Å². The monoisotopic (exact) mass is 218 g/mol. The van der Waals surface area contributed by atoms with Crippen molar-refractivity contribution in [2.75, 3.05) is 32.6 Å². The number of carbonyl (C=O) groups is 1. The summed E-state index contributed by atoms with van der Waals surface area (Å²) < 4.78 is 0. The Hall–Kier alpha value is -0.280. The van der Waals surface area contributed by atoms with Crippen LogP contribution in [0.1, 0.15) is 20.3 Å². The summed E-state index contributed by atoms with van der Waals surface area (Å²) >= 11 is 5.56. The average molecular weight is 219 g/mol. The molecule has 0 aliphatic carbocycles. The summed E-state index contributed by atoms with van der Waals surface area (Å²) in [5.41, 5.74) is 0.0836. The van der Waals surface area contributed by atoms with Gasteiger partial charge >= 0.3 is 0 Å². The second-order valence-electron chi connectivity index (χ2n) is 4.49. The van der Waals surface area contributed by atoms with Crippen LogP contribution in [0.25, 0.3) is 0 Å². The normalized spacial score (nSPS) is 22.4. The molecule has 14 heavy (non-hydrogen) atoms. The molecule has 1 heterocycles. The summed E-state index contributed by atoms with van der Waals surface area (Å²) in [7, 11) is 2.10. The Kier molecular flexibility index (Phi) is 3.78. The van der Waals surface area contributed by atoms with Crippen LogP contribution >= 0.6 is 11.6 Å². The van der Waals surface area contributed by atoms with Gasteiger partial charge in [0.05, 0.1) is 0 Å². The predicted octanol–water partition coefficient (Wildman–Crippen LogP) is 1.17. The van der Waals surface area contributed by atoms with Gasteiger partial charge in [-0.05, 0) is 20.9 Å². The maximum absolute atomic E-state index is 11.6. The van der Waals surface area contributed by atoms with E-state index in [0.717, 1.165) is 19.6 Å². The van der Waals surface area contributed by atoms with E-state index in [1.165, 1.54) is 0 Å². The van der Waals surface area contributed by atoms with Gasteiger partial charge < -0.3 is 4.90 Å². The first kappa shape index (κ1) is 11.8. The number of nitrogens with zero attached hydrogens (tertiary/aromatic N) is 2. The molecular formula is C10H19ClN2O. The molecule has 0 saturated carbocycles. The third-order valence-corrected chi connectivity index (χ3v) is 3.17. The van der Waals surface area contributed by atoms with E-state index in [-0.39, 0.29) is 11.4 Å². The fourth-order valence-electron chi connectivity index (χ4n) is 1.69. The summed E-state index contributed by atoms with van der Waals surface area (Å²) in [5, 5.41) is 0. The molecule has 1 rings (SSSR count). The van der Waals surface area contributed by atoms with Gasteiger partial charge in [0.2, 0.25) is 5.91 Å². The molecular weight excluding hydrogens is 200 g/mol. The quantitative estimate of drug-likeness (QED) is 0.650. The van der Waals surface area contributed by atoms with E-state index in [9.17, 15) is 4.79 Å². The van der Waals surface area contributed by atoms with Crippen LogP contribution < -0.4 is 0 Å². The molecule has 0 aromatic heterocycles. The molecule has 1 aliphatic rings. The lowest BCUT2D eigenvalue weighted by atomic mass is 9.99. The van der Waals surface area contributed by atoms with Crippen molar-refractivity contribution in [3.8, 4) is 0 Å². The molecule has 0 unspecified atom stereocenters. The molecule has 3 nitrogen and oxygen atoms in total. The Labute approximate surface area is 91.0 Å². The first-order valence-electron chi connectivity index (χ1n) is 5.02.